The number of rotatable bonds is 6. The Labute approximate surface area is 102 Å². The largest absolute Gasteiger partial charge is 0.311 e. The van der Waals surface area contributed by atoms with E-state index in [0.29, 0.717) is 0 Å². The van der Waals surface area contributed by atoms with Gasteiger partial charge in [0.25, 0.3) is 0 Å². The summed E-state index contributed by atoms with van der Waals surface area (Å²) in [5.74, 6) is 0.995. The Morgan fingerprint density at radius 1 is 1.44 bits per heavy atom. The fraction of sp³-hybridized carbons (Fsp3) is 0.769. The van der Waals surface area contributed by atoms with Crippen LogP contribution in [0.3, 0.4) is 0 Å². The van der Waals surface area contributed by atoms with E-state index in [4.69, 9.17) is 0 Å². The molecule has 3 heteroatoms. The van der Waals surface area contributed by atoms with E-state index in [0.717, 1.165) is 25.4 Å². The first kappa shape index (κ1) is 12.1. The van der Waals surface area contributed by atoms with E-state index in [1.54, 1.807) is 11.3 Å². The highest BCUT2D eigenvalue weighted by Crippen LogP contribution is 2.26. The molecule has 1 aromatic rings. The predicted octanol–water partition coefficient (Wildman–Crippen LogP) is 3.38. The van der Waals surface area contributed by atoms with Crippen LogP contribution in [0, 0.1) is 5.92 Å². The molecular weight excluding hydrogens is 216 g/mol. The lowest BCUT2D eigenvalue weighted by Gasteiger charge is -2.08. The average Bonchev–Trinajstić information content (AvgIpc) is 2.95. The van der Waals surface area contributed by atoms with Crippen molar-refractivity contribution in [3.63, 3.8) is 0 Å². The van der Waals surface area contributed by atoms with Crippen LogP contribution in [0.1, 0.15) is 49.7 Å². The fourth-order valence-electron chi connectivity index (χ4n) is 2.41. The second kappa shape index (κ2) is 6.36. The molecule has 1 aliphatic carbocycles. The number of nitrogens with one attached hydrogen (secondary N) is 1. The maximum Gasteiger partial charge on any atom is 0.0926 e. The molecule has 0 spiro atoms. The summed E-state index contributed by atoms with van der Waals surface area (Å²) in [5.41, 5.74) is 1.22. The zero-order valence-corrected chi connectivity index (χ0v) is 11.0. The van der Waals surface area contributed by atoms with Gasteiger partial charge in [0.05, 0.1) is 10.7 Å². The third-order valence-electron chi connectivity index (χ3n) is 3.41. The maximum atomic E-state index is 4.55. The quantitative estimate of drug-likeness (QED) is 0.769. The summed E-state index contributed by atoms with van der Waals surface area (Å²) in [6, 6.07) is 0. The molecule has 16 heavy (non-hydrogen) atoms. The molecular formula is C13H22N2S. The van der Waals surface area contributed by atoms with Crippen LogP contribution in [-0.2, 0) is 13.0 Å². The Morgan fingerprint density at radius 2 is 2.25 bits per heavy atom. The SMILES string of the molecule is CCc1nc(CNCCC2CCCC2)cs1. The highest BCUT2D eigenvalue weighted by Gasteiger charge is 2.13. The minimum atomic E-state index is 0.948. The lowest BCUT2D eigenvalue weighted by Crippen LogP contribution is -2.17. The molecule has 0 radical (unpaired) electrons. The zero-order valence-electron chi connectivity index (χ0n) is 10.2. The van der Waals surface area contributed by atoms with E-state index < -0.39 is 0 Å². The number of nitrogens with zero attached hydrogens (tertiary/aromatic N) is 1. The van der Waals surface area contributed by atoms with Crippen molar-refractivity contribution >= 4 is 11.3 Å². The second-order valence-corrected chi connectivity index (χ2v) is 5.64. The van der Waals surface area contributed by atoms with Gasteiger partial charge in [-0.3, -0.25) is 0 Å². The zero-order chi connectivity index (χ0) is 11.2. The average molecular weight is 238 g/mol. The van der Waals surface area contributed by atoms with Crippen LogP contribution in [0.2, 0.25) is 0 Å². The predicted molar refractivity (Wildman–Crippen MR) is 69.8 cm³/mol. The van der Waals surface area contributed by atoms with Gasteiger partial charge in [0, 0.05) is 11.9 Å². The van der Waals surface area contributed by atoms with E-state index in [1.807, 2.05) is 0 Å². The minimum absolute atomic E-state index is 0.948. The van der Waals surface area contributed by atoms with Crippen molar-refractivity contribution in [2.24, 2.45) is 5.92 Å². The Bertz CT molecular complexity index is 303. The number of hydrogen-bond acceptors (Lipinski definition) is 3. The summed E-state index contributed by atoms with van der Waals surface area (Å²) in [4.78, 5) is 4.55. The molecule has 0 atom stereocenters. The van der Waals surface area contributed by atoms with Crippen molar-refractivity contribution in [1.82, 2.24) is 10.3 Å². The Kier molecular flexibility index (Phi) is 4.79. The molecule has 0 unspecified atom stereocenters. The molecule has 1 fully saturated rings. The van der Waals surface area contributed by atoms with Gasteiger partial charge in [-0.15, -0.1) is 11.3 Å². The van der Waals surface area contributed by atoms with Gasteiger partial charge in [0.15, 0.2) is 0 Å². The molecule has 1 aliphatic rings. The molecule has 90 valence electrons. The van der Waals surface area contributed by atoms with Crippen LogP contribution in [0.15, 0.2) is 5.38 Å². The minimum Gasteiger partial charge on any atom is -0.311 e. The Hall–Kier alpha value is -0.410. The van der Waals surface area contributed by atoms with Gasteiger partial charge in [-0.1, -0.05) is 32.6 Å². The molecule has 1 aromatic heterocycles. The van der Waals surface area contributed by atoms with Crippen LogP contribution in [-0.4, -0.2) is 11.5 Å². The van der Waals surface area contributed by atoms with Crippen molar-refractivity contribution in [2.45, 2.75) is 52.0 Å². The number of aryl methyl sites for hydroxylation is 1. The summed E-state index contributed by atoms with van der Waals surface area (Å²) < 4.78 is 0. The first-order valence-electron chi connectivity index (χ1n) is 6.52. The van der Waals surface area contributed by atoms with Crippen molar-refractivity contribution in [2.75, 3.05) is 6.54 Å². The third-order valence-corrected chi connectivity index (χ3v) is 4.45. The molecule has 0 amide bonds. The molecule has 2 nitrogen and oxygen atoms in total. The molecule has 2 rings (SSSR count). The number of thiazole rings is 1. The van der Waals surface area contributed by atoms with Crippen LogP contribution in [0.5, 0.6) is 0 Å². The summed E-state index contributed by atoms with van der Waals surface area (Å²) in [6.45, 7) is 4.27. The molecule has 1 saturated carbocycles. The topological polar surface area (TPSA) is 24.9 Å². The van der Waals surface area contributed by atoms with Gasteiger partial charge >= 0.3 is 0 Å². The summed E-state index contributed by atoms with van der Waals surface area (Å²) in [6.07, 6.45) is 8.24. The van der Waals surface area contributed by atoms with Crippen LogP contribution in [0.4, 0.5) is 0 Å². The van der Waals surface area contributed by atoms with E-state index in [9.17, 15) is 0 Å². The highest BCUT2D eigenvalue weighted by atomic mass is 32.1. The summed E-state index contributed by atoms with van der Waals surface area (Å²) >= 11 is 1.78. The van der Waals surface area contributed by atoms with Crippen LogP contribution >= 0.6 is 11.3 Å². The molecule has 0 aromatic carbocycles. The lowest BCUT2D eigenvalue weighted by atomic mass is 10.0. The van der Waals surface area contributed by atoms with Gasteiger partial charge in [0.1, 0.15) is 0 Å². The van der Waals surface area contributed by atoms with Crippen molar-refractivity contribution in [3.05, 3.63) is 16.1 Å². The van der Waals surface area contributed by atoms with Gasteiger partial charge in [-0.25, -0.2) is 4.98 Å². The van der Waals surface area contributed by atoms with Crippen molar-refractivity contribution < 1.29 is 0 Å². The Balaban J connectivity index is 1.60. The summed E-state index contributed by atoms with van der Waals surface area (Å²) in [5, 5.41) is 6.95. The fourth-order valence-corrected chi connectivity index (χ4v) is 3.16. The monoisotopic (exact) mass is 238 g/mol. The molecule has 1 N–H and O–H groups in total. The van der Waals surface area contributed by atoms with Gasteiger partial charge in [0.2, 0.25) is 0 Å². The smallest absolute Gasteiger partial charge is 0.0926 e. The van der Waals surface area contributed by atoms with Crippen LogP contribution < -0.4 is 5.32 Å². The first-order valence-corrected chi connectivity index (χ1v) is 7.40. The van der Waals surface area contributed by atoms with E-state index in [2.05, 4.69) is 22.6 Å². The maximum absolute atomic E-state index is 4.55. The van der Waals surface area contributed by atoms with E-state index in [-0.39, 0.29) is 0 Å². The van der Waals surface area contributed by atoms with E-state index in [1.165, 1.54) is 42.8 Å². The third kappa shape index (κ3) is 3.56. The van der Waals surface area contributed by atoms with Gasteiger partial charge in [-0.05, 0) is 25.3 Å². The molecule has 0 aliphatic heterocycles. The van der Waals surface area contributed by atoms with E-state index >= 15 is 0 Å². The summed E-state index contributed by atoms with van der Waals surface area (Å²) in [7, 11) is 0. The molecule has 0 bridgehead atoms. The molecule has 0 saturated heterocycles. The number of hydrogen-bond donors (Lipinski definition) is 1. The van der Waals surface area contributed by atoms with Crippen molar-refractivity contribution in [1.29, 1.82) is 0 Å². The van der Waals surface area contributed by atoms with Crippen molar-refractivity contribution in [3.8, 4) is 0 Å². The highest BCUT2D eigenvalue weighted by molar-refractivity contribution is 7.09. The lowest BCUT2D eigenvalue weighted by molar-refractivity contribution is 0.476. The van der Waals surface area contributed by atoms with Gasteiger partial charge < -0.3 is 5.32 Å². The first-order chi connectivity index (χ1) is 7.88. The second-order valence-electron chi connectivity index (χ2n) is 4.70. The molecule has 1 heterocycles. The van der Waals surface area contributed by atoms with Crippen LogP contribution in [0.25, 0.3) is 0 Å². The van der Waals surface area contributed by atoms with Gasteiger partial charge in [-0.2, -0.15) is 0 Å². The standard InChI is InChI=1S/C13H22N2S/c1-2-13-15-12(10-16-13)9-14-8-7-11-5-3-4-6-11/h10-11,14H,2-9H2,1H3. The number of aromatic nitrogens is 1. The normalized spacial score (nSPS) is 17.1. The Morgan fingerprint density at radius 3 is 2.94 bits per heavy atom.